The van der Waals surface area contributed by atoms with Gasteiger partial charge in [0.1, 0.15) is 5.83 Å². The van der Waals surface area contributed by atoms with Crippen molar-refractivity contribution >= 4 is 11.7 Å². The Morgan fingerprint density at radius 1 is 1.32 bits per heavy atom. The molecule has 2 atom stereocenters. The van der Waals surface area contributed by atoms with Gasteiger partial charge in [-0.3, -0.25) is 4.79 Å². The Balaban J connectivity index is 1.44. The summed E-state index contributed by atoms with van der Waals surface area (Å²) in [5.74, 6) is -3.95. The molecule has 9 heteroatoms. The van der Waals surface area contributed by atoms with Crippen molar-refractivity contribution in [3.05, 3.63) is 71.0 Å². The molecule has 5 nitrogen and oxygen atoms in total. The largest absolute Gasteiger partial charge is 0.395 e. The van der Waals surface area contributed by atoms with Gasteiger partial charge >= 0.3 is 6.18 Å². The smallest absolute Gasteiger partial charge is 0.331 e. The Morgan fingerprint density at radius 3 is 2.90 bits per heavy atom. The highest BCUT2D eigenvalue weighted by molar-refractivity contribution is 6.03. The van der Waals surface area contributed by atoms with E-state index in [1.54, 1.807) is 6.07 Å². The van der Waals surface area contributed by atoms with Gasteiger partial charge in [-0.1, -0.05) is 19.1 Å². The number of carbonyl (C=O) groups excluding carboxylic acids is 1. The highest BCUT2D eigenvalue weighted by Gasteiger charge is 2.44. The van der Waals surface area contributed by atoms with Crippen molar-refractivity contribution in [2.45, 2.75) is 32.6 Å². The van der Waals surface area contributed by atoms with Gasteiger partial charge in [-0.15, -0.1) is 0 Å². The molecule has 0 spiro atoms. The summed E-state index contributed by atoms with van der Waals surface area (Å²) in [4.78, 5) is 16.7. The summed E-state index contributed by atoms with van der Waals surface area (Å²) >= 11 is 0. The van der Waals surface area contributed by atoms with Crippen molar-refractivity contribution in [3.63, 3.8) is 0 Å². The van der Waals surface area contributed by atoms with Crippen LogP contribution in [0.2, 0.25) is 0 Å². The molecule has 1 aromatic heterocycles. The van der Waals surface area contributed by atoms with Gasteiger partial charge in [0.25, 0.3) is 5.91 Å². The molecule has 2 unspecified atom stereocenters. The first-order chi connectivity index (χ1) is 14.7. The maximum absolute atomic E-state index is 14.0. The predicted octanol–water partition coefficient (Wildman–Crippen LogP) is 4.39. The number of fused-ring (bicyclic) bond motifs is 1. The van der Waals surface area contributed by atoms with E-state index < -0.39 is 23.8 Å². The number of benzene rings is 1. The summed E-state index contributed by atoms with van der Waals surface area (Å²) in [6, 6.07) is 5.53. The number of nitrogens with zero attached hydrogens (tertiary/aromatic N) is 2. The SMILES string of the molecule is CC1C(F)=CC(Cn2cnc(NC(=O)c3ccc4c(c3)CCNC4)c2)=CC1C(F)(F)F. The average Bonchev–Trinajstić information content (AvgIpc) is 3.16. The number of alkyl halides is 3. The summed E-state index contributed by atoms with van der Waals surface area (Å²) in [6.07, 6.45) is 1.41. The molecule has 0 fully saturated rings. The first-order valence-corrected chi connectivity index (χ1v) is 10.0. The van der Waals surface area contributed by atoms with Crippen LogP contribution in [0.15, 0.2) is 54.3 Å². The first-order valence-electron chi connectivity index (χ1n) is 10.0. The number of amides is 1. The molecule has 1 amide bonds. The number of hydrogen-bond donors (Lipinski definition) is 2. The Labute approximate surface area is 176 Å². The number of allylic oxidation sites excluding steroid dienone is 4. The molecule has 2 aliphatic rings. The van der Waals surface area contributed by atoms with Crippen molar-refractivity contribution in [3.8, 4) is 0 Å². The summed E-state index contributed by atoms with van der Waals surface area (Å²) in [6.45, 7) is 2.88. The second-order valence-electron chi connectivity index (χ2n) is 7.92. The standard InChI is InChI=1S/C22H22F4N4O/c1-13-18(22(24,25)26)6-14(7-19(13)23)10-30-11-20(28-12-30)29-21(31)16-2-3-17-9-27-5-4-15(17)8-16/h2-3,6-8,11-13,18,27H,4-5,9-10H2,1H3,(H,29,31). The fourth-order valence-electron chi connectivity index (χ4n) is 3.91. The number of carbonyl (C=O) groups is 1. The number of halogens is 4. The van der Waals surface area contributed by atoms with E-state index >= 15 is 0 Å². The zero-order valence-electron chi connectivity index (χ0n) is 16.8. The molecule has 2 heterocycles. The van der Waals surface area contributed by atoms with Crippen LogP contribution in [0.5, 0.6) is 0 Å². The zero-order chi connectivity index (χ0) is 22.2. The van der Waals surface area contributed by atoms with Crippen LogP contribution in [-0.2, 0) is 19.5 Å². The monoisotopic (exact) mass is 434 g/mol. The normalized spacial score (nSPS) is 21.2. The molecule has 1 aliphatic carbocycles. The van der Waals surface area contributed by atoms with Crippen LogP contribution in [-0.4, -0.2) is 28.2 Å². The van der Waals surface area contributed by atoms with Gasteiger partial charge in [0.05, 0.1) is 12.2 Å². The third kappa shape index (κ3) is 4.71. The average molecular weight is 434 g/mol. The second kappa shape index (κ2) is 8.30. The summed E-state index contributed by atoms with van der Waals surface area (Å²) in [7, 11) is 0. The fraction of sp³-hybridized carbons (Fsp3) is 0.364. The molecule has 1 aromatic carbocycles. The summed E-state index contributed by atoms with van der Waals surface area (Å²) in [5, 5.41) is 5.97. The molecule has 1 aliphatic heterocycles. The van der Waals surface area contributed by atoms with E-state index in [0.717, 1.165) is 37.2 Å². The molecule has 0 bridgehead atoms. The van der Waals surface area contributed by atoms with Gasteiger partial charge in [-0.05, 0) is 47.9 Å². The highest BCUT2D eigenvalue weighted by atomic mass is 19.4. The minimum absolute atomic E-state index is 0.0153. The molecule has 0 saturated heterocycles. The minimum Gasteiger partial charge on any atom is -0.331 e. The van der Waals surface area contributed by atoms with Crippen LogP contribution in [0.1, 0.15) is 28.4 Å². The lowest BCUT2D eigenvalue weighted by atomic mass is 9.85. The van der Waals surface area contributed by atoms with Gasteiger partial charge in [0, 0.05) is 30.8 Å². The highest BCUT2D eigenvalue weighted by Crippen LogP contribution is 2.40. The van der Waals surface area contributed by atoms with E-state index in [4.69, 9.17) is 0 Å². The van der Waals surface area contributed by atoms with E-state index in [9.17, 15) is 22.4 Å². The van der Waals surface area contributed by atoms with Crippen LogP contribution < -0.4 is 10.6 Å². The molecule has 0 saturated carbocycles. The Bertz CT molecular complexity index is 1050. The number of nitrogens with one attached hydrogen (secondary N) is 2. The number of hydrogen-bond acceptors (Lipinski definition) is 3. The molecular formula is C22H22F4N4O. The number of anilines is 1. The number of aromatic nitrogens is 2. The molecular weight excluding hydrogens is 412 g/mol. The number of imidazole rings is 1. The molecule has 164 valence electrons. The van der Waals surface area contributed by atoms with Crippen LogP contribution in [0.25, 0.3) is 0 Å². The predicted molar refractivity (Wildman–Crippen MR) is 108 cm³/mol. The van der Waals surface area contributed by atoms with E-state index in [0.29, 0.717) is 5.56 Å². The fourth-order valence-corrected chi connectivity index (χ4v) is 3.91. The van der Waals surface area contributed by atoms with Crippen LogP contribution in [0.4, 0.5) is 23.4 Å². The first kappa shape index (κ1) is 21.3. The van der Waals surface area contributed by atoms with Crippen molar-refractivity contribution < 1.29 is 22.4 Å². The van der Waals surface area contributed by atoms with Crippen molar-refractivity contribution in [1.82, 2.24) is 14.9 Å². The van der Waals surface area contributed by atoms with Crippen LogP contribution >= 0.6 is 0 Å². The maximum atomic E-state index is 14.0. The second-order valence-corrected chi connectivity index (χ2v) is 7.92. The van der Waals surface area contributed by atoms with E-state index in [-0.39, 0.29) is 23.8 Å². The van der Waals surface area contributed by atoms with Gasteiger partial charge in [-0.2, -0.15) is 13.2 Å². The number of rotatable bonds is 4. The zero-order valence-corrected chi connectivity index (χ0v) is 16.8. The van der Waals surface area contributed by atoms with Crippen LogP contribution in [0.3, 0.4) is 0 Å². The van der Waals surface area contributed by atoms with Gasteiger partial charge in [0.15, 0.2) is 5.82 Å². The van der Waals surface area contributed by atoms with Crippen molar-refractivity contribution in [1.29, 1.82) is 0 Å². The third-order valence-corrected chi connectivity index (χ3v) is 5.66. The maximum Gasteiger partial charge on any atom is 0.395 e. The molecule has 2 aromatic rings. The molecule has 4 rings (SSSR count). The Hall–Kier alpha value is -2.94. The summed E-state index contributed by atoms with van der Waals surface area (Å²) in [5.41, 5.74) is 3.01. The lowest BCUT2D eigenvalue weighted by Gasteiger charge is -2.27. The third-order valence-electron chi connectivity index (χ3n) is 5.66. The van der Waals surface area contributed by atoms with Crippen molar-refractivity contribution in [2.75, 3.05) is 11.9 Å². The minimum atomic E-state index is -4.52. The van der Waals surface area contributed by atoms with Gasteiger partial charge < -0.3 is 15.2 Å². The van der Waals surface area contributed by atoms with E-state index in [1.807, 2.05) is 12.1 Å². The van der Waals surface area contributed by atoms with Gasteiger partial charge in [0.2, 0.25) is 0 Å². The molecule has 2 N–H and O–H groups in total. The lowest BCUT2D eigenvalue weighted by molar-refractivity contribution is -0.171. The Morgan fingerprint density at radius 2 is 2.13 bits per heavy atom. The quantitative estimate of drug-likeness (QED) is 0.702. The van der Waals surface area contributed by atoms with Crippen molar-refractivity contribution in [2.24, 2.45) is 11.8 Å². The lowest BCUT2D eigenvalue weighted by Crippen LogP contribution is -2.30. The Kier molecular flexibility index (Phi) is 5.70. The van der Waals surface area contributed by atoms with E-state index in [1.165, 1.54) is 29.6 Å². The van der Waals surface area contributed by atoms with Gasteiger partial charge in [-0.25, -0.2) is 9.37 Å². The van der Waals surface area contributed by atoms with Crippen LogP contribution in [0, 0.1) is 11.8 Å². The van der Waals surface area contributed by atoms with E-state index in [2.05, 4.69) is 15.6 Å². The summed E-state index contributed by atoms with van der Waals surface area (Å²) < 4.78 is 55.1. The molecule has 31 heavy (non-hydrogen) atoms. The molecule has 0 radical (unpaired) electrons. The topological polar surface area (TPSA) is 59.0 Å².